The zero-order valence-electron chi connectivity index (χ0n) is 23.7. The molecule has 2 heterocycles. The maximum absolute atomic E-state index is 13.8. The molecule has 2 aromatic heterocycles. The molecule has 0 saturated carbocycles. The Morgan fingerprint density at radius 3 is 2.43 bits per heavy atom. The van der Waals surface area contributed by atoms with Gasteiger partial charge in [-0.05, 0) is 55.8 Å². The van der Waals surface area contributed by atoms with E-state index in [0.29, 0.717) is 0 Å². The number of alkyl halides is 3. The van der Waals surface area contributed by atoms with Gasteiger partial charge in [0.25, 0.3) is 10.0 Å². The fraction of sp³-hybridized carbons (Fsp3) is 0.269. The maximum atomic E-state index is 13.8. The molecule has 0 amide bonds. The van der Waals surface area contributed by atoms with Crippen LogP contribution < -0.4 is 39.0 Å². The number of carbonyl (C=O) groups is 1. The van der Waals surface area contributed by atoms with Gasteiger partial charge in [-0.2, -0.15) is 13.2 Å². The summed E-state index contributed by atoms with van der Waals surface area (Å²) in [6.07, 6.45) is -4.27. The van der Waals surface area contributed by atoms with Crippen LogP contribution in [0.4, 0.5) is 13.2 Å². The van der Waals surface area contributed by atoms with Crippen molar-refractivity contribution in [3.05, 3.63) is 72.1 Å². The normalized spacial score (nSPS) is 13.3. The third-order valence-corrected chi connectivity index (χ3v) is 8.95. The van der Waals surface area contributed by atoms with Gasteiger partial charge in [0.1, 0.15) is 11.5 Å². The van der Waals surface area contributed by atoms with E-state index in [0.717, 1.165) is 3.97 Å². The van der Waals surface area contributed by atoms with Gasteiger partial charge in [0.05, 0.1) is 38.2 Å². The summed E-state index contributed by atoms with van der Waals surface area (Å²) >= 11 is 0. The van der Waals surface area contributed by atoms with Gasteiger partial charge < -0.3 is 16.0 Å². The first kappa shape index (κ1) is 33.5. The van der Waals surface area contributed by atoms with Crippen molar-refractivity contribution in [1.82, 2.24) is 13.9 Å². The standard InChI is InChI=1S/C26H24F3N3O7S2.Na.H/c1-3-22(24(33)34)39-17-8-10-18(11-9-17)41(36,37)32-21-7-5-4-6-19(21)31-25(32)40(35)14-20-16(2)23(12-13-30-20)38-15-26(27,28)29;;/h4-13,22H,3,14-15H2,1-2H3,(H,33,34);;/q;+1;-1. The van der Waals surface area contributed by atoms with E-state index in [9.17, 15) is 35.7 Å². The van der Waals surface area contributed by atoms with Crippen LogP contribution in [0, 0.1) is 6.92 Å². The van der Waals surface area contributed by atoms with E-state index in [2.05, 4.69) is 9.97 Å². The molecule has 0 aliphatic carbocycles. The van der Waals surface area contributed by atoms with Crippen molar-refractivity contribution in [1.29, 1.82) is 0 Å². The number of hydrogen-bond donors (Lipinski definition) is 1. The number of nitrogens with zero attached hydrogens (tertiary/aromatic N) is 3. The molecule has 0 bridgehead atoms. The summed E-state index contributed by atoms with van der Waals surface area (Å²) in [7, 11) is -6.50. The molecule has 0 aliphatic rings. The number of imidazole rings is 1. The molecule has 0 spiro atoms. The van der Waals surface area contributed by atoms with E-state index in [-0.39, 0.29) is 87.0 Å². The SMILES string of the molecule is CCC(Oc1ccc(S(=O)(=O)n2c(S(=O)Cc3nccc(OCC(F)(F)F)c3C)nc3ccccc32)cc1)C(=O)O.[H-].[Na+]. The second kappa shape index (κ2) is 13.5. The summed E-state index contributed by atoms with van der Waals surface area (Å²) in [5, 5.41) is 8.89. The van der Waals surface area contributed by atoms with Gasteiger partial charge in [0.2, 0.25) is 5.16 Å². The molecule has 1 N–H and O–H groups in total. The van der Waals surface area contributed by atoms with Gasteiger partial charge in [0.15, 0.2) is 12.7 Å². The number of rotatable bonds is 11. The number of halogens is 3. The van der Waals surface area contributed by atoms with Gasteiger partial charge in [-0.25, -0.2) is 22.2 Å². The Morgan fingerprint density at radius 2 is 1.81 bits per heavy atom. The molecular formula is C26H25F3N3NaO7S2. The van der Waals surface area contributed by atoms with Crippen LogP contribution >= 0.6 is 0 Å². The van der Waals surface area contributed by atoms with E-state index in [1.54, 1.807) is 25.1 Å². The number of carboxylic acid groups (broad SMARTS) is 1. The quantitative estimate of drug-likeness (QED) is 0.244. The van der Waals surface area contributed by atoms with Crippen LogP contribution in [0.15, 0.2) is 70.8 Å². The zero-order chi connectivity index (χ0) is 29.9. The number of para-hydroxylation sites is 2. The van der Waals surface area contributed by atoms with Crippen LogP contribution in [0.5, 0.6) is 11.5 Å². The molecule has 42 heavy (non-hydrogen) atoms. The average Bonchev–Trinajstić information content (AvgIpc) is 3.32. The summed E-state index contributed by atoms with van der Waals surface area (Å²) in [6, 6.07) is 12.6. The largest absolute Gasteiger partial charge is 1.00 e. The van der Waals surface area contributed by atoms with Crippen molar-refractivity contribution in [3.63, 3.8) is 0 Å². The van der Waals surface area contributed by atoms with E-state index >= 15 is 0 Å². The first-order chi connectivity index (χ1) is 19.3. The number of aromatic nitrogens is 3. The van der Waals surface area contributed by atoms with Crippen molar-refractivity contribution in [2.24, 2.45) is 0 Å². The number of fused-ring (bicyclic) bond motifs is 1. The Balaban J connectivity index is 0.00000323. The predicted molar refractivity (Wildman–Crippen MR) is 143 cm³/mol. The number of ether oxygens (including phenoxy) is 2. The van der Waals surface area contributed by atoms with E-state index in [4.69, 9.17) is 9.47 Å². The summed E-state index contributed by atoms with van der Waals surface area (Å²) in [5.41, 5.74) is 0.765. The monoisotopic (exact) mass is 635 g/mol. The van der Waals surface area contributed by atoms with E-state index in [1.165, 1.54) is 49.5 Å². The van der Waals surface area contributed by atoms with Gasteiger partial charge in [-0.3, -0.25) is 9.19 Å². The fourth-order valence-corrected chi connectivity index (χ4v) is 6.88. The Morgan fingerprint density at radius 1 is 1.14 bits per heavy atom. The first-order valence-electron chi connectivity index (χ1n) is 12.1. The Bertz CT molecular complexity index is 1720. The Labute approximate surface area is 265 Å². The Kier molecular flexibility index (Phi) is 10.8. The van der Waals surface area contributed by atoms with Gasteiger partial charge in [0, 0.05) is 11.8 Å². The van der Waals surface area contributed by atoms with E-state index < -0.39 is 45.7 Å². The third kappa shape index (κ3) is 7.50. The number of pyridine rings is 1. The van der Waals surface area contributed by atoms with Crippen LogP contribution in [0.1, 0.15) is 26.0 Å². The number of hydrogen-bond acceptors (Lipinski definition) is 8. The minimum Gasteiger partial charge on any atom is -1.00 e. The van der Waals surface area contributed by atoms with Crippen LogP contribution in [0.3, 0.4) is 0 Å². The van der Waals surface area contributed by atoms with Crippen molar-refractivity contribution >= 4 is 37.8 Å². The molecule has 16 heteroatoms. The summed E-state index contributed by atoms with van der Waals surface area (Å²) in [4.78, 5) is 19.5. The third-order valence-electron chi connectivity index (χ3n) is 5.90. The molecule has 220 valence electrons. The smallest absolute Gasteiger partial charge is 1.00 e. The molecular weight excluding hydrogens is 610 g/mol. The van der Waals surface area contributed by atoms with Crippen molar-refractivity contribution in [2.75, 3.05) is 6.61 Å². The molecule has 0 aliphatic heterocycles. The van der Waals surface area contributed by atoms with Gasteiger partial charge in [-0.15, -0.1) is 0 Å². The average molecular weight is 636 g/mol. The van der Waals surface area contributed by atoms with Crippen molar-refractivity contribution in [3.8, 4) is 11.5 Å². The van der Waals surface area contributed by atoms with Crippen molar-refractivity contribution < 1.29 is 76.2 Å². The molecule has 2 aromatic carbocycles. The van der Waals surface area contributed by atoms with Gasteiger partial charge in [-0.1, -0.05) is 19.1 Å². The molecule has 2 unspecified atom stereocenters. The topological polar surface area (TPSA) is 138 Å². The number of aliphatic carboxylic acids is 1. The number of carboxylic acids is 1. The maximum Gasteiger partial charge on any atom is 1.00 e. The molecule has 0 radical (unpaired) electrons. The molecule has 2 atom stereocenters. The molecule has 4 aromatic rings. The first-order valence-corrected chi connectivity index (χ1v) is 14.8. The minimum atomic E-state index is -4.56. The predicted octanol–water partition coefficient (Wildman–Crippen LogP) is 1.58. The van der Waals surface area contributed by atoms with E-state index in [1.807, 2.05) is 0 Å². The van der Waals surface area contributed by atoms with Crippen LogP contribution in [-0.2, 0) is 31.4 Å². The zero-order valence-corrected chi connectivity index (χ0v) is 26.3. The summed E-state index contributed by atoms with van der Waals surface area (Å²) in [5.74, 6) is -1.47. The van der Waals surface area contributed by atoms with Gasteiger partial charge >= 0.3 is 41.7 Å². The van der Waals surface area contributed by atoms with Crippen LogP contribution in [0.25, 0.3) is 11.0 Å². The van der Waals surface area contributed by atoms with Crippen LogP contribution in [0.2, 0.25) is 0 Å². The summed E-state index contributed by atoms with van der Waals surface area (Å²) in [6.45, 7) is 1.57. The molecule has 0 fully saturated rings. The number of benzene rings is 2. The van der Waals surface area contributed by atoms with Crippen molar-refractivity contribution in [2.45, 2.75) is 48.4 Å². The summed E-state index contributed by atoms with van der Waals surface area (Å²) < 4.78 is 90.2. The molecule has 0 saturated heterocycles. The molecule has 10 nitrogen and oxygen atoms in total. The second-order valence-corrected chi connectivity index (χ2v) is 11.9. The Hall–Kier alpha value is -2.98. The van der Waals surface area contributed by atoms with Crippen LogP contribution in [-0.4, -0.2) is 56.5 Å². The molecule has 4 rings (SSSR count). The fourth-order valence-electron chi connectivity index (χ4n) is 3.83. The minimum absolute atomic E-state index is 0. The second-order valence-electron chi connectivity index (χ2n) is 8.75.